The van der Waals surface area contributed by atoms with E-state index < -0.39 is 11.6 Å². The number of aliphatic imine (C=N–C) groups is 1. The summed E-state index contributed by atoms with van der Waals surface area (Å²) in [4.78, 5) is 14.9. The number of nitrogens with one attached hydrogen (secondary N) is 2. The standard InChI is InChI=1S/C22H25F2N7.HI/c1-15-26-8-10-31(15)21-6-3-16(12-27-21)13-28-22(25-2)29-18-7-9-30(14-18)20-5-4-17(23)11-19(20)24;/h3-6,8,10-12,18H,7,9,13-14H2,1-2H3,(H2,25,28,29);1H. The number of imidazole rings is 1. The van der Waals surface area contributed by atoms with Crippen LogP contribution < -0.4 is 15.5 Å². The molecule has 1 atom stereocenters. The average Bonchev–Trinajstić information content (AvgIpc) is 3.40. The average molecular weight is 553 g/mol. The highest BCUT2D eigenvalue weighted by atomic mass is 127. The first-order chi connectivity index (χ1) is 15.0. The lowest BCUT2D eigenvalue weighted by Crippen LogP contribution is -2.44. The van der Waals surface area contributed by atoms with Crippen molar-refractivity contribution in [1.29, 1.82) is 0 Å². The third-order valence-electron chi connectivity index (χ3n) is 5.34. The lowest BCUT2D eigenvalue weighted by Gasteiger charge is -2.21. The largest absolute Gasteiger partial charge is 0.367 e. The van der Waals surface area contributed by atoms with Gasteiger partial charge in [-0.25, -0.2) is 18.7 Å². The Hall–Kier alpha value is -2.76. The molecule has 1 aliphatic heterocycles. The van der Waals surface area contributed by atoms with Gasteiger partial charge in [-0.1, -0.05) is 6.07 Å². The molecule has 7 nitrogen and oxygen atoms in total. The summed E-state index contributed by atoms with van der Waals surface area (Å²) in [5.41, 5.74) is 1.44. The van der Waals surface area contributed by atoms with Gasteiger partial charge in [-0.15, -0.1) is 24.0 Å². The number of rotatable bonds is 5. The van der Waals surface area contributed by atoms with Gasteiger partial charge in [0.25, 0.3) is 0 Å². The first-order valence-corrected chi connectivity index (χ1v) is 10.2. The Kier molecular flexibility index (Phi) is 7.99. The first-order valence-electron chi connectivity index (χ1n) is 10.2. The Bertz CT molecular complexity index is 1070. The van der Waals surface area contributed by atoms with Crippen LogP contribution in [0.1, 0.15) is 17.8 Å². The molecule has 0 amide bonds. The molecule has 0 saturated carbocycles. The molecule has 0 aliphatic carbocycles. The summed E-state index contributed by atoms with van der Waals surface area (Å²) >= 11 is 0. The highest BCUT2D eigenvalue weighted by Crippen LogP contribution is 2.24. The lowest BCUT2D eigenvalue weighted by molar-refractivity contribution is 0.580. The van der Waals surface area contributed by atoms with Gasteiger partial charge in [0.05, 0.1) is 5.69 Å². The molecule has 32 heavy (non-hydrogen) atoms. The van der Waals surface area contributed by atoms with Crippen LogP contribution >= 0.6 is 24.0 Å². The summed E-state index contributed by atoms with van der Waals surface area (Å²) in [5, 5.41) is 6.66. The molecular weight excluding hydrogens is 527 g/mol. The van der Waals surface area contributed by atoms with Crippen LogP contribution in [0.5, 0.6) is 0 Å². The molecule has 3 aromatic rings. The molecule has 1 saturated heterocycles. The van der Waals surface area contributed by atoms with Crippen molar-refractivity contribution in [2.45, 2.75) is 25.9 Å². The number of nitrogens with zero attached hydrogens (tertiary/aromatic N) is 5. The topological polar surface area (TPSA) is 70.4 Å². The second-order valence-electron chi connectivity index (χ2n) is 7.47. The van der Waals surface area contributed by atoms with Crippen molar-refractivity contribution in [3.63, 3.8) is 0 Å². The number of hydrogen-bond donors (Lipinski definition) is 2. The summed E-state index contributed by atoms with van der Waals surface area (Å²) < 4.78 is 29.1. The molecule has 4 rings (SSSR count). The molecule has 0 bridgehead atoms. The summed E-state index contributed by atoms with van der Waals surface area (Å²) in [6, 6.07) is 7.77. The van der Waals surface area contributed by atoms with E-state index in [0.29, 0.717) is 31.3 Å². The first kappa shape index (κ1) is 23.9. The Labute approximate surface area is 203 Å². The maximum absolute atomic E-state index is 14.1. The molecule has 1 aliphatic rings. The van der Waals surface area contributed by atoms with E-state index in [4.69, 9.17) is 0 Å². The molecule has 0 spiro atoms. The molecule has 10 heteroatoms. The van der Waals surface area contributed by atoms with E-state index in [1.165, 1.54) is 12.1 Å². The molecule has 1 unspecified atom stereocenters. The highest BCUT2D eigenvalue weighted by Gasteiger charge is 2.25. The van der Waals surface area contributed by atoms with Gasteiger partial charge in [0.1, 0.15) is 23.3 Å². The number of aromatic nitrogens is 3. The molecular formula is C22H26F2IN7. The van der Waals surface area contributed by atoms with E-state index in [1.54, 1.807) is 13.2 Å². The normalized spacial score (nSPS) is 16.1. The van der Waals surface area contributed by atoms with Crippen LogP contribution in [0.3, 0.4) is 0 Å². The van der Waals surface area contributed by atoms with Gasteiger partial charge >= 0.3 is 0 Å². The van der Waals surface area contributed by atoms with Crippen LogP contribution in [0, 0.1) is 18.6 Å². The molecule has 1 fully saturated rings. The van der Waals surface area contributed by atoms with Crippen LogP contribution in [0.4, 0.5) is 14.5 Å². The second-order valence-corrected chi connectivity index (χ2v) is 7.47. The van der Waals surface area contributed by atoms with Crippen molar-refractivity contribution < 1.29 is 8.78 Å². The van der Waals surface area contributed by atoms with Gasteiger partial charge in [-0.2, -0.15) is 0 Å². The van der Waals surface area contributed by atoms with Crippen molar-refractivity contribution >= 4 is 35.6 Å². The monoisotopic (exact) mass is 553 g/mol. The number of hydrogen-bond acceptors (Lipinski definition) is 4. The number of pyridine rings is 1. The number of halogens is 3. The molecule has 0 radical (unpaired) electrons. The fourth-order valence-corrected chi connectivity index (χ4v) is 3.69. The third kappa shape index (κ3) is 5.53. The fourth-order valence-electron chi connectivity index (χ4n) is 3.69. The second kappa shape index (κ2) is 10.7. The predicted octanol–water partition coefficient (Wildman–Crippen LogP) is 3.42. The molecule has 2 N–H and O–H groups in total. The Morgan fingerprint density at radius 3 is 2.72 bits per heavy atom. The SMILES string of the molecule is CN=C(NCc1ccc(-n2ccnc2C)nc1)NC1CCN(c2ccc(F)cc2F)C1.I. The molecule has 3 heterocycles. The lowest BCUT2D eigenvalue weighted by atomic mass is 10.2. The smallest absolute Gasteiger partial charge is 0.191 e. The Balaban J connectivity index is 0.00000289. The molecule has 1 aromatic carbocycles. The minimum absolute atomic E-state index is 0. The van der Waals surface area contributed by atoms with Crippen LogP contribution in [0.15, 0.2) is 53.9 Å². The van der Waals surface area contributed by atoms with E-state index in [2.05, 4.69) is 25.6 Å². The van der Waals surface area contributed by atoms with Crippen LogP contribution in [-0.2, 0) is 6.54 Å². The number of benzene rings is 1. The fraction of sp³-hybridized carbons (Fsp3) is 0.318. The van der Waals surface area contributed by atoms with Crippen molar-refractivity contribution in [3.8, 4) is 5.82 Å². The zero-order valence-corrected chi connectivity index (χ0v) is 20.3. The van der Waals surface area contributed by atoms with E-state index in [0.717, 1.165) is 29.7 Å². The summed E-state index contributed by atoms with van der Waals surface area (Å²) in [6.45, 7) is 3.81. The zero-order valence-electron chi connectivity index (χ0n) is 17.9. The van der Waals surface area contributed by atoms with E-state index >= 15 is 0 Å². The number of anilines is 1. The van der Waals surface area contributed by atoms with Crippen molar-refractivity contribution in [2.24, 2.45) is 4.99 Å². The Morgan fingerprint density at radius 2 is 2.06 bits per heavy atom. The predicted molar refractivity (Wildman–Crippen MR) is 132 cm³/mol. The van der Waals surface area contributed by atoms with Gasteiger partial charge in [-0.05, 0) is 37.1 Å². The van der Waals surface area contributed by atoms with Gasteiger partial charge < -0.3 is 15.5 Å². The van der Waals surface area contributed by atoms with Gasteiger partial charge in [0, 0.05) is 57.4 Å². The summed E-state index contributed by atoms with van der Waals surface area (Å²) in [6.07, 6.45) is 6.28. The van der Waals surface area contributed by atoms with Crippen LogP contribution in [0.2, 0.25) is 0 Å². The number of guanidine groups is 1. The van der Waals surface area contributed by atoms with Gasteiger partial charge in [0.15, 0.2) is 5.96 Å². The van der Waals surface area contributed by atoms with E-state index in [9.17, 15) is 8.78 Å². The molecule has 170 valence electrons. The van der Waals surface area contributed by atoms with Gasteiger partial charge in [-0.3, -0.25) is 9.56 Å². The molecule has 2 aromatic heterocycles. The van der Waals surface area contributed by atoms with Crippen LogP contribution in [0.25, 0.3) is 5.82 Å². The summed E-state index contributed by atoms with van der Waals surface area (Å²) in [5.74, 6) is 1.27. The summed E-state index contributed by atoms with van der Waals surface area (Å²) in [7, 11) is 1.71. The zero-order chi connectivity index (χ0) is 21.8. The minimum Gasteiger partial charge on any atom is -0.367 e. The number of aryl methyl sites for hydroxylation is 1. The maximum atomic E-state index is 14.1. The maximum Gasteiger partial charge on any atom is 0.191 e. The van der Waals surface area contributed by atoms with Crippen molar-refractivity contribution in [1.82, 2.24) is 25.2 Å². The quantitative estimate of drug-likeness (QED) is 0.288. The van der Waals surface area contributed by atoms with E-state index in [1.807, 2.05) is 40.9 Å². The van der Waals surface area contributed by atoms with E-state index in [-0.39, 0.29) is 30.0 Å². The van der Waals surface area contributed by atoms with Gasteiger partial charge in [0.2, 0.25) is 0 Å². The van der Waals surface area contributed by atoms with Crippen molar-refractivity contribution in [3.05, 3.63) is 71.9 Å². The minimum atomic E-state index is -0.567. The highest BCUT2D eigenvalue weighted by molar-refractivity contribution is 14.0. The third-order valence-corrected chi connectivity index (χ3v) is 5.34. The van der Waals surface area contributed by atoms with Crippen LogP contribution in [-0.4, -0.2) is 46.7 Å². The Morgan fingerprint density at radius 1 is 1.22 bits per heavy atom. The van der Waals surface area contributed by atoms with Crippen molar-refractivity contribution in [2.75, 3.05) is 25.0 Å².